The minimum absolute atomic E-state index is 0.0114. The Morgan fingerprint density at radius 3 is 2.95 bits per heavy atom. The number of nitrogens with zero attached hydrogens (tertiary/aromatic N) is 3. The number of thiophene rings is 1. The highest BCUT2D eigenvalue weighted by molar-refractivity contribution is 7.99. The van der Waals surface area contributed by atoms with Crippen molar-refractivity contribution in [2.75, 3.05) is 5.75 Å². The first kappa shape index (κ1) is 14.1. The number of carbonyl (C=O) groups is 1. The summed E-state index contributed by atoms with van der Waals surface area (Å²) in [5.41, 5.74) is 1.05. The summed E-state index contributed by atoms with van der Waals surface area (Å²) in [6, 6.07) is 8.17. The molecule has 3 aromatic rings. The molecule has 21 heavy (non-hydrogen) atoms. The number of aliphatic carboxylic acids is 1. The molecule has 0 aliphatic rings. The van der Waals surface area contributed by atoms with E-state index >= 15 is 0 Å². The van der Waals surface area contributed by atoms with Crippen molar-refractivity contribution in [3.05, 3.63) is 29.6 Å². The van der Waals surface area contributed by atoms with E-state index in [1.54, 1.807) is 11.3 Å². The van der Waals surface area contributed by atoms with E-state index < -0.39 is 5.97 Å². The quantitative estimate of drug-likeness (QED) is 0.730. The van der Waals surface area contributed by atoms with Gasteiger partial charge in [-0.15, -0.1) is 21.5 Å². The van der Waals surface area contributed by atoms with Crippen molar-refractivity contribution in [3.8, 4) is 11.4 Å². The van der Waals surface area contributed by atoms with Crippen molar-refractivity contribution in [2.45, 2.75) is 18.6 Å². The Hall–Kier alpha value is -1.86. The van der Waals surface area contributed by atoms with Gasteiger partial charge in [-0.3, -0.25) is 4.79 Å². The van der Waals surface area contributed by atoms with Gasteiger partial charge in [-0.05, 0) is 13.0 Å². The Morgan fingerprint density at radius 1 is 1.38 bits per heavy atom. The van der Waals surface area contributed by atoms with Crippen LogP contribution in [0, 0.1) is 0 Å². The third kappa shape index (κ3) is 2.66. The van der Waals surface area contributed by atoms with E-state index in [0.29, 0.717) is 11.7 Å². The van der Waals surface area contributed by atoms with Crippen LogP contribution in [0.4, 0.5) is 0 Å². The van der Waals surface area contributed by atoms with Crippen molar-refractivity contribution in [3.63, 3.8) is 0 Å². The molecule has 3 rings (SSSR count). The second-order valence-electron chi connectivity index (χ2n) is 4.38. The molecule has 7 heteroatoms. The zero-order chi connectivity index (χ0) is 14.8. The molecule has 0 saturated carbocycles. The Balaban J connectivity index is 2.04. The number of carboxylic acids is 1. The molecule has 1 aromatic carbocycles. The van der Waals surface area contributed by atoms with Gasteiger partial charge in [0, 0.05) is 27.6 Å². The number of aromatic nitrogens is 3. The second-order valence-corrected chi connectivity index (χ2v) is 6.23. The molecule has 0 aliphatic carbocycles. The predicted molar refractivity (Wildman–Crippen MR) is 84.9 cm³/mol. The molecule has 0 fully saturated rings. The van der Waals surface area contributed by atoms with Gasteiger partial charge in [-0.2, -0.15) is 0 Å². The van der Waals surface area contributed by atoms with E-state index in [2.05, 4.69) is 27.7 Å². The van der Waals surface area contributed by atoms with Crippen LogP contribution in [-0.2, 0) is 11.3 Å². The number of hydrogen-bond donors (Lipinski definition) is 1. The Morgan fingerprint density at radius 2 is 2.19 bits per heavy atom. The van der Waals surface area contributed by atoms with Crippen LogP contribution in [0.1, 0.15) is 6.92 Å². The first-order chi connectivity index (χ1) is 10.2. The topological polar surface area (TPSA) is 68.0 Å². The fourth-order valence-corrected chi connectivity index (χ4v) is 3.82. The number of fused-ring (bicyclic) bond motifs is 1. The minimum Gasteiger partial charge on any atom is -0.481 e. The summed E-state index contributed by atoms with van der Waals surface area (Å²) in [6.07, 6.45) is 0. The van der Waals surface area contributed by atoms with E-state index in [9.17, 15) is 4.79 Å². The smallest absolute Gasteiger partial charge is 0.313 e. The average molecular weight is 319 g/mol. The zero-order valence-corrected chi connectivity index (χ0v) is 12.9. The van der Waals surface area contributed by atoms with Gasteiger partial charge in [0.25, 0.3) is 0 Å². The zero-order valence-electron chi connectivity index (χ0n) is 11.3. The molecule has 0 saturated heterocycles. The third-order valence-electron chi connectivity index (χ3n) is 3.08. The summed E-state index contributed by atoms with van der Waals surface area (Å²) in [4.78, 5) is 10.7. The lowest BCUT2D eigenvalue weighted by Crippen LogP contribution is -2.03. The van der Waals surface area contributed by atoms with Gasteiger partial charge in [0.15, 0.2) is 11.0 Å². The van der Waals surface area contributed by atoms with Gasteiger partial charge in [0.05, 0.1) is 5.75 Å². The van der Waals surface area contributed by atoms with Crippen LogP contribution >= 0.6 is 23.1 Å². The lowest BCUT2D eigenvalue weighted by molar-refractivity contribution is -0.133. The first-order valence-corrected chi connectivity index (χ1v) is 8.31. The fourth-order valence-electron chi connectivity index (χ4n) is 2.16. The lowest BCUT2D eigenvalue weighted by Gasteiger charge is -2.05. The maximum atomic E-state index is 10.7. The molecule has 0 spiro atoms. The van der Waals surface area contributed by atoms with Crippen LogP contribution in [0.25, 0.3) is 21.5 Å². The van der Waals surface area contributed by atoms with Crippen LogP contribution in [0.15, 0.2) is 34.8 Å². The maximum absolute atomic E-state index is 10.7. The summed E-state index contributed by atoms with van der Waals surface area (Å²) in [6.45, 7) is 2.71. The van der Waals surface area contributed by atoms with Crippen LogP contribution < -0.4 is 0 Å². The molecule has 108 valence electrons. The molecule has 0 radical (unpaired) electrons. The van der Waals surface area contributed by atoms with Crippen LogP contribution in [0.3, 0.4) is 0 Å². The fraction of sp³-hybridized carbons (Fsp3) is 0.214. The molecule has 0 amide bonds. The third-order valence-corrected chi connectivity index (χ3v) is 4.99. The number of thioether (sulfide) groups is 1. The molecule has 0 aliphatic heterocycles. The van der Waals surface area contributed by atoms with Crippen molar-refractivity contribution in [2.24, 2.45) is 0 Å². The lowest BCUT2D eigenvalue weighted by atomic mass is 10.1. The van der Waals surface area contributed by atoms with Crippen molar-refractivity contribution >= 4 is 39.2 Å². The van der Waals surface area contributed by atoms with Crippen LogP contribution in [-0.4, -0.2) is 31.6 Å². The highest BCUT2D eigenvalue weighted by atomic mass is 32.2. The summed E-state index contributed by atoms with van der Waals surface area (Å²) in [5, 5.41) is 21.1. The minimum atomic E-state index is -0.854. The van der Waals surface area contributed by atoms with Crippen molar-refractivity contribution in [1.82, 2.24) is 14.8 Å². The van der Waals surface area contributed by atoms with Gasteiger partial charge < -0.3 is 9.67 Å². The maximum Gasteiger partial charge on any atom is 0.313 e. The highest BCUT2D eigenvalue weighted by Crippen LogP contribution is 2.34. The van der Waals surface area contributed by atoms with Crippen LogP contribution in [0.2, 0.25) is 0 Å². The van der Waals surface area contributed by atoms with Gasteiger partial charge in [0.1, 0.15) is 0 Å². The predicted octanol–water partition coefficient (Wildman–Crippen LogP) is 3.36. The average Bonchev–Trinajstić information content (AvgIpc) is 3.08. The van der Waals surface area contributed by atoms with E-state index in [-0.39, 0.29) is 5.75 Å². The molecule has 1 N–H and O–H groups in total. The van der Waals surface area contributed by atoms with E-state index in [1.807, 2.05) is 23.6 Å². The number of hydrogen-bond acceptors (Lipinski definition) is 5. The van der Waals surface area contributed by atoms with Crippen molar-refractivity contribution in [1.29, 1.82) is 0 Å². The van der Waals surface area contributed by atoms with E-state index in [0.717, 1.165) is 16.8 Å². The largest absolute Gasteiger partial charge is 0.481 e. The normalized spacial score (nSPS) is 11.1. The monoisotopic (exact) mass is 319 g/mol. The molecular weight excluding hydrogens is 306 g/mol. The SMILES string of the molecule is CCn1c(SCC(=O)O)nnc1-c1csc2ccccc12. The van der Waals surface area contributed by atoms with E-state index in [1.165, 1.54) is 16.5 Å². The molecule has 2 heterocycles. The molecule has 2 aromatic heterocycles. The Kier molecular flexibility index (Phi) is 3.94. The molecular formula is C14H13N3O2S2. The molecule has 0 bridgehead atoms. The molecule has 0 unspecified atom stereocenters. The number of benzene rings is 1. The summed E-state index contributed by atoms with van der Waals surface area (Å²) >= 11 is 2.87. The summed E-state index contributed by atoms with van der Waals surface area (Å²) < 4.78 is 3.17. The van der Waals surface area contributed by atoms with Gasteiger partial charge in [-0.25, -0.2) is 0 Å². The standard InChI is InChI=1S/C14H13N3O2S2/c1-2-17-13(15-16-14(17)21-8-12(18)19)10-7-20-11-6-4-3-5-9(10)11/h3-7H,2,8H2,1H3,(H,18,19). The highest BCUT2D eigenvalue weighted by Gasteiger charge is 2.17. The Labute approximate surface area is 129 Å². The summed E-state index contributed by atoms with van der Waals surface area (Å²) in [7, 11) is 0. The number of rotatable bonds is 5. The summed E-state index contributed by atoms with van der Waals surface area (Å²) in [5.74, 6) is -0.0706. The van der Waals surface area contributed by atoms with Gasteiger partial charge in [0.2, 0.25) is 0 Å². The van der Waals surface area contributed by atoms with Crippen molar-refractivity contribution < 1.29 is 9.90 Å². The van der Waals surface area contributed by atoms with Gasteiger partial charge in [-0.1, -0.05) is 30.0 Å². The molecule has 0 atom stereocenters. The Bertz CT molecular complexity index is 794. The first-order valence-electron chi connectivity index (χ1n) is 6.45. The number of carboxylic acid groups (broad SMARTS) is 1. The van der Waals surface area contributed by atoms with E-state index in [4.69, 9.17) is 5.11 Å². The van der Waals surface area contributed by atoms with Gasteiger partial charge >= 0.3 is 5.97 Å². The molecule has 5 nitrogen and oxygen atoms in total. The second kappa shape index (κ2) is 5.87. The van der Waals surface area contributed by atoms with Crippen LogP contribution in [0.5, 0.6) is 0 Å².